The number of rotatable bonds is 5. The predicted octanol–water partition coefficient (Wildman–Crippen LogP) is 3.42. The number of amides is 1. The molecular formula is C20H23F2IN4O. The fourth-order valence-electron chi connectivity index (χ4n) is 3.17. The first-order valence-corrected chi connectivity index (χ1v) is 8.84. The third kappa shape index (κ3) is 5.63. The number of hydrogen-bond acceptors (Lipinski definition) is 2. The molecule has 2 aromatic carbocycles. The van der Waals surface area contributed by atoms with E-state index >= 15 is 0 Å². The van der Waals surface area contributed by atoms with Gasteiger partial charge in [-0.25, -0.2) is 8.78 Å². The van der Waals surface area contributed by atoms with Crippen molar-refractivity contribution in [2.75, 3.05) is 25.5 Å². The largest absolute Gasteiger partial charge is 0.356 e. The summed E-state index contributed by atoms with van der Waals surface area (Å²) in [6, 6.07) is 11.2. The van der Waals surface area contributed by atoms with Crippen molar-refractivity contribution in [3.63, 3.8) is 0 Å². The summed E-state index contributed by atoms with van der Waals surface area (Å²) < 4.78 is 26.9. The molecule has 0 spiro atoms. The van der Waals surface area contributed by atoms with Crippen LogP contribution in [0.4, 0.5) is 14.5 Å². The van der Waals surface area contributed by atoms with E-state index in [-0.39, 0.29) is 35.8 Å². The Bertz CT molecular complexity index is 860. The van der Waals surface area contributed by atoms with E-state index in [1.165, 1.54) is 6.07 Å². The maximum absolute atomic E-state index is 13.7. The second-order valence-electron chi connectivity index (χ2n) is 6.40. The average Bonchev–Trinajstić information content (AvgIpc) is 2.66. The summed E-state index contributed by atoms with van der Waals surface area (Å²) in [5, 5.41) is 9.17. The number of halogens is 3. The zero-order valence-electron chi connectivity index (χ0n) is 15.5. The molecule has 1 amide bonds. The van der Waals surface area contributed by atoms with Crippen molar-refractivity contribution in [1.82, 2.24) is 10.6 Å². The SMILES string of the molecule is CN=C(NCCc1cc(F)ccc1F)NCC1CC(=O)Nc2ccccc21.I. The Morgan fingerprint density at radius 2 is 2.00 bits per heavy atom. The number of fused-ring (bicyclic) bond motifs is 1. The van der Waals surface area contributed by atoms with Crippen molar-refractivity contribution in [2.24, 2.45) is 4.99 Å². The highest BCUT2D eigenvalue weighted by Crippen LogP contribution is 2.31. The van der Waals surface area contributed by atoms with Crippen molar-refractivity contribution in [3.8, 4) is 0 Å². The summed E-state index contributed by atoms with van der Waals surface area (Å²) >= 11 is 0. The van der Waals surface area contributed by atoms with Gasteiger partial charge in [-0.05, 0) is 41.8 Å². The Hall–Kier alpha value is -2.23. The number of guanidine groups is 1. The van der Waals surface area contributed by atoms with Gasteiger partial charge in [0.1, 0.15) is 11.6 Å². The normalized spacial score (nSPS) is 15.9. The van der Waals surface area contributed by atoms with Gasteiger partial charge in [-0.1, -0.05) is 18.2 Å². The monoisotopic (exact) mass is 500 g/mol. The minimum atomic E-state index is -0.455. The van der Waals surface area contributed by atoms with E-state index in [4.69, 9.17) is 0 Å². The first kappa shape index (κ1) is 22.1. The van der Waals surface area contributed by atoms with Gasteiger partial charge in [0.05, 0.1) is 0 Å². The van der Waals surface area contributed by atoms with Crippen molar-refractivity contribution in [2.45, 2.75) is 18.8 Å². The lowest BCUT2D eigenvalue weighted by Crippen LogP contribution is -2.41. The summed E-state index contributed by atoms with van der Waals surface area (Å²) in [6.45, 7) is 0.945. The van der Waals surface area contributed by atoms with E-state index in [9.17, 15) is 13.6 Å². The quantitative estimate of drug-likeness (QED) is 0.335. The summed E-state index contributed by atoms with van der Waals surface area (Å²) in [5.74, 6) is -0.302. The number of hydrogen-bond donors (Lipinski definition) is 3. The molecule has 0 fully saturated rings. The van der Waals surface area contributed by atoms with Crippen LogP contribution in [-0.2, 0) is 11.2 Å². The highest BCUT2D eigenvalue weighted by molar-refractivity contribution is 14.0. The van der Waals surface area contributed by atoms with Gasteiger partial charge in [0.25, 0.3) is 0 Å². The van der Waals surface area contributed by atoms with Crippen LogP contribution >= 0.6 is 24.0 Å². The molecule has 3 rings (SSSR count). The Morgan fingerprint density at radius 1 is 1.21 bits per heavy atom. The fourth-order valence-corrected chi connectivity index (χ4v) is 3.17. The van der Waals surface area contributed by atoms with Gasteiger partial charge in [0, 0.05) is 38.2 Å². The van der Waals surface area contributed by atoms with Crippen LogP contribution in [0.1, 0.15) is 23.5 Å². The summed E-state index contributed by atoms with van der Waals surface area (Å²) in [5.41, 5.74) is 2.24. The zero-order valence-corrected chi connectivity index (χ0v) is 17.8. The van der Waals surface area contributed by atoms with E-state index in [1.807, 2.05) is 24.3 Å². The van der Waals surface area contributed by atoms with Crippen molar-refractivity contribution in [1.29, 1.82) is 0 Å². The molecule has 2 aromatic rings. The molecule has 1 heterocycles. The second-order valence-corrected chi connectivity index (χ2v) is 6.40. The third-order valence-electron chi connectivity index (χ3n) is 4.54. The van der Waals surface area contributed by atoms with Crippen molar-refractivity contribution in [3.05, 3.63) is 65.2 Å². The zero-order chi connectivity index (χ0) is 19.2. The van der Waals surface area contributed by atoms with E-state index in [1.54, 1.807) is 7.05 Å². The second kappa shape index (κ2) is 10.4. The fraction of sp³-hybridized carbons (Fsp3) is 0.300. The molecule has 0 aliphatic carbocycles. The van der Waals surface area contributed by atoms with Crippen LogP contribution in [0.25, 0.3) is 0 Å². The molecule has 3 N–H and O–H groups in total. The number of benzene rings is 2. The average molecular weight is 500 g/mol. The first-order valence-electron chi connectivity index (χ1n) is 8.84. The number of para-hydroxylation sites is 1. The molecule has 28 heavy (non-hydrogen) atoms. The molecule has 1 unspecified atom stereocenters. The lowest BCUT2D eigenvalue weighted by atomic mass is 9.90. The van der Waals surface area contributed by atoms with Crippen LogP contribution in [0, 0.1) is 11.6 Å². The van der Waals surface area contributed by atoms with Crippen LogP contribution in [0.5, 0.6) is 0 Å². The maximum atomic E-state index is 13.7. The summed E-state index contributed by atoms with van der Waals surface area (Å²) in [6.07, 6.45) is 0.731. The first-order chi connectivity index (χ1) is 13.1. The van der Waals surface area contributed by atoms with E-state index in [2.05, 4.69) is 20.9 Å². The molecule has 8 heteroatoms. The summed E-state index contributed by atoms with van der Waals surface area (Å²) in [4.78, 5) is 16.0. The van der Waals surface area contributed by atoms with Crippen LogP contribution < -0.4 is 16.0 Å². The lowest BCUT2D eigenvalue weighted by Gasteiger charge is -2.26. The molecule has 0 saturated carbocycles. The van der Waals surface area contributed by atoms with Gasteiger partial charge < -0.3 is 16.0 Å². The van der Waals surface area contributed by atoms with Crippen LogP contribution in [0.3, 0.4) is 0 Å². The minimum Gasteiger partial charge on any atom is -0.356 e. The third-order valence-corrected chi connectivity index (χ3v) is 4.54. The molecular weight excluding hydrogens is 477 g/mol. The van der Waals surface area contributed by atoms with Gasteiger partial charge in [0.15, 0.2) is 5.96 Å². The standard InChI is InChI=1S/C20H22F2N4O.HI/c1-23-20(24-9-8-13-10-15(21)6-7-17(13)22)25-12-14-11-19(27)26-18-5-3-2-4-16(14)18;/h2-7,10,14H,8-9,11-12H2,1H3,(H,26,27)(H2,23,24,25);1H. The predicted molar refractivity (Wildman–Crippen MR) is 117 cm³/mol. The molecule has 0 aromatic heterocycles. The minimum absolute atomic E-state index is 0. The van der Waals surface area contributed by atoms with Crippen LogP contribution in [0.15, 0.2) is 47.5 Å². The molecule has 1 aliphatic heterocycles. The smallest absolute Gasteiger partial charge is 0.225 e. The number of aliphatic imine (C=N–C) groups is 1. The van der Waals surface area contributed by atoms with Crippen LogP contribution in [0.2, 0.25) is 0 Å². The Morgan fingerprint density at radius 3 is 2.79 bits per heavy atom. The lowest BCUT2D eigenvalue weighted by molar-refractivity contribution is -0.116. The van der Waals surface area contributed by atoms with E-state index in [0.717, 1.165) is 23.4 Å². The van der Waals surface area contributed by atoms with Gasteiger partial charge >= 0.3 is 0 Å². The molecule has 5 nitrogen and oxygen atoms in total. The Kier molecular flexibility index (Phi) is 8.16. The van der Waals surface area contributed by atoms with E-state index in [0.29, 0.717) is 37.5 Å². The highest BCUT2D eigenvalue weighted by atomic mass is 127. The number of carbonyl (C=O) groups is 1. The number of anilines is 1. The van der Waals surface area contributed by atoms with Gasteiger partial charge in [-0.15, -0.1) is 24.0 Å². The molecule has 150 valence electrons. The molecule has 1 aliphatic rings. The summed E-state index contributed by atoms with van der Waals surface area (Å²) in [7, 11) is 1.64. The number of nitrogens with one attached hydrogen (secondary N) is 3. The highest BCUT2D eigenvalue weighted by Gasteiger charge is 2.24. The number of carbonyl (C=O) groups excluding carboxylic acids is 1. The molecule has 1 atom stereocenters. The van der Waals surface area contributed by atoms with Crippen molar-refractivity contribution < 1.29 is 13.6 Å². The van der Waals surface area contributed by atoms with Gasteiger partial charge in [-0.3, -0.25) is 9.79 Å². The Balaban J connectivity index is 0.00000280. The van der Waals surface area contributed by atoms with Gasteiger partial charge in [0.2, 0.25) is 5.91 Å². The van der Waals surface area contributed by atoms with Crippen molar-refractivity contribution >= 4 is 41.5 Å². The molecule has 0 saturated heterocycles. The topological polar surface area (TPSA) is 65.5 Å². The Labute approximate surface area is 180 Å². The number of nitrogens with zero attached hydrogens (tertiary/aromatic N) is 1. The van der Waals surface area contributed by atoms with E-state index < -0.39 is 11.6 Å². The maximum Gasteiger partial charge on any atom is 0.225 e. The van der Waals surface area contributed by atoms with Gasteiger partial charge in [-0.2, -0.15) is 0 Å². The van der Waals surface area contributed by atoms with Crippen LogP contribution in [-0.4, -0.2) is 32.0 Å². The molecule has 0 radical (unpaired) electrons. The molecule has 0 bridgehead atoms.